The highest BCUT2D eigenvalue weighted by molar-refractivity contribution is 5.67. The summed E-state index contributed by atoms with van der Waals surface area (Å²) in [5.41, 5.74) is 10.2. The van der Waals surface area contributed by atoms with Gasteiger partial charge in [0, 0.05) is 6.54 Å². The van der Waals surface area contributed by atoms with Crippen molar-refractivity contribution in [3.05, 3.63) is 83.9 Å². The van der Waals surface area contributed by atoms with E-state index in [0.717, 1.165) is 28.2 Å². The predicted octanol–water partition coefficient (Wildman–Crippen LogP) is 4.58. The zero-order valence-corrected chi connectivity index (χ0v) is 14.4. The Hall–Kier alpha value is -2.78. The Labute approximate surface area is 149 Å². The van der Waals surface area contributed by atoms with Gasteiger partial charge in [-0.3, -0.25) is 0 Å². The summed E-state index contributed by atoms with van der Waals surface area (Å²) in [5.74, 6) is 1.45. The molecule has 0 saturated carbocycles. The lowest BCUT2D eigenvalue weighted by Gasteiger charge is -2.14. The van der Waals surface area contributed by atoms with Gasteiger partial charge in [-0.05, 0) is 35.7 Å². The zero-order valence-electron chi connectivity index (χ0n) is 14.4. The van der Waals surface area contributed by atoms with Gasteiger partial charge in [0.1, 0.15) is 13.2 Å². The second kappa shape index (κ2) is 8.36. The van der Waals surface area contributed by atoms with Crippen LogP contribution in [0.5, 0.6) is 11.5 Å². The Morgan fingerprint density at radius 3 is 2.32 bits per heavy atom. The van der Waals surface area contributed by atoms with E-state index < -0.39 is 0 Å². The minimum atomic E-state index is 0.464. The Bertz CT molecular complexity index is 815. The van der Waals surface area contributed by atoms with Crippen LogP contribution in [0.1, 0.15) is 11.1 Å². The fraction of sp³-hybridized carbons (Fsp3) is 0.182. The van der Waals surface area contributed by atoms with E-state index in [-0.39, 0.29) is 0 Å². The van der Waals surface area contributed by atoms with Crippen molar-refractivity contribution < 1.29 is 9.47 Å². The van der Waals surface area contributed by atoms with Crippen molar-refractivity contribution in [2.75, 3.05) is 13.2 Å². The van der Waals surface area contributed by atoms with Crippen molar-refractivity contribution >= 4 is 0 Å². The van der Waals surface area contributed by atoms with Crippen LogP contribution in [0.3, 0.4) is 0 Å². The largest absolute Gasteiger partial charge is 0.488 e. The quantitative estimate of drug-likeness (QED) is 0.688. The minimum absolute atomic E-state index is 0.464. The van der Waals surface area contributed by atoms with E-state index >= 15 is 0 Å². The Morgan fingerprint density at radius 2 is 1.56 bits per heavy atom. The molecule has 0 aliphatic heterocycles. The maximum atomic E-state index is 6.05. The van der Waals surface area contributed by atoms with E-state index in [0.29, 0.717) is 19.8 Å². The number of ether oxygens (including phenoxy) is 2. The van der Waals surface area contributed by atoms with E-state index in [9.17, 15) is 0 Å². The number of hydrogen-bond donors (Lipinski definition) is 1. The first-order valence-corrected chi connectivity index (χ1v) is 8.47. The third-order valence-corrected chi connectivity index (χ3v) is 3.91. The number of rotatable bonds is 7. The standard InChI is InChI=1S/C22H23NO2/c1-17-6-5-9-19(14-17)20-10-11-21(24-13-12-23)22(15-20)25-16-18-7-3-2-4-8-18/h2-11,14-15H,12-13,16,23H2,1H3. The van der Waals surface area contributed by atoms with Crippen molar-refractivity contribution in [1.29, 1.82) is 0 Å². The lowest BCUT2D eigenvalue weighted by atomic mass is 10.0. The van der Waals surface area contributed by atoms with Crippen LogP contribution < -0.4 is 15.2 Å². The molecule has 0 aliphatic carbocycles. The molecule has 0 heterocycles. The molecule has 3 nitrogen and oxygen atoms in total. The summed E-state index contributed by atoms with van der Waals surface area (Å²) in [6.45, 7) is 3.52. The summed E-state index contributed by atoms with van der Waals surface area (Å²) in [6.07, 6.45) is 0. The monoisotopic (exact) mass is 333 g/mol. The molecule has 0 bridgehead atoms. The molecular weight excluding hydrogens is 310 g/mol. The van der Waals surface area contributed by atoms with Crippen LogP contribution in [-0.2, 0) is 6.61 Å². The maximum absolute atomic E-state index is 6.05. The van der Waals surface area contributed by atoms with E-state index in [1.54, 1.807) is 0 Å². The number of aryl methyl sites for hydroxylation is 1. The van der Waals surface area contributed by atoms with Crippen molar-refractivity contribution in [2.24, 2.45) is 5.73 Å². The maximum Gasteiger partial charge on any atom is 0.162 e. The molecule has 0 saturated heterocycles. The second-order valence-electron chi connectivity index (χ2n) is 5.94. The van der Waals surface area contributed by atoms with Crippen LogP contribution >= 0.6 is 0 Å². The van der Waals surface area contributed by atoms with E-state index in [4.69, 9.17) is 15.2 Å². The van der Waals surface area contributed by atoms with Crippen molar-refractivity contribution in [1.82, 2.24) is 0 Å². The molecule has 0 radical (unpaired) electrons. The summed E-state index contributed by atoms with van der Waals surface area (Å²) in [4.78, 5) is 0. The highest BCUT2D eigenvalue weighted by atomic mass is 16.5. The molecule has 0 spiro atoms. The predicted molar refractivity (Wildman–Crippen MR) is 102 cm³/mol. The van der Waals surface area contributed by atoms with Crippen LogP contribution in [0.2, 0.25) is 0 Å². The average molecular weight is 333 g/mol. The van der Waals surface area contributed by atoms with Gasteiger partial charge in [-0.2, -0.15) is 0 Å². The number of benzene rings is 3. The van der Waals surface area contributed by atoms with Gasteiger partial charge in [-0.15, -0.1) is 0 Å². The van der Waals surface area contributed by atoms with E-state index in [1.807, 2.05) is 42.5 Å². The topological polar surface area (TPSA) is 44.5 Å². The van der Waals surface area contributed by atoms with Gasteiger partial charge in [0.05, 0.1) is 0 Å². The Kier molecular flexibility index (Phi) is 5.70. The fourth-order valence-electron chi connectivity index (χ4n) is 2.65. The first-order valence-electron chi connectivity index (χ1n) is 8.47. The van der Waals surface area contributed by atoms with Gasteiger partial charge >= 0.3 is 0 Å². The van der Waals surface area contributed by atoms with Gasteiger partial charge in [0.15, 0.2) is 11.5 Å². The first kappa shape index (κ1) is 17.1. The summed E-state index contributed by atoms with van der Waals surface area (Å²) >= 11 is 0. The van der Waals surface area contributed by atoms with Crippen molar-refractivity contribution in [3.63, 3.8) is 0 Å². The van der Waals surface area contributed by atoms with Gasteiger partial charge in [0.2, 0.25) is 0 Å². The average Bonchev–Trinajstić information content (AvgIpc) is 2.66. The normalized spacial score (nSPS) is 10.5. The molecule has 3 aromatic carbocycles. The summed E-state index contributed by atoms with van der Waals surface area (Å²) in [7, 11) is 0. The van der Waals surface area contributed by atoms with Gasteiger partial charge in [-0.1, -0.05) is 66.2 Å². The fourth-order valence-corrected chi connectivity index (χ4v) is 2.65. The van der Waals surface area contributed by atoms with Crippen LogP contribution in [0.15, 0.2) is 72.8 Å². The molecule has 3 heteroatoms. The lowest BCUT2D eigenvalue weighted by molar-refractivity contribution is 0.266. The summed E-state index contributed by atoms with van der Waals surface area (Å²) in [5, 5.41) is 0. The van der Waals surface area contributed by atoms with Gasteiger partial charge < -0.3 is 15.2 Å². The second-order valence-corrected chi connectivity index (χ2v) is 5.94. The molecule has 25 heavy (non-hydrogen) atoms. The van der Waals surface area contributed by atoms with E-state index in [2.05, 4.69) is 37.3 Å². The molecule has 0 aliphatic rings. The zero-order chi connectivity index (χ0) is 17.5. The third-order valence-electron chi connectivity index (χ3n) is 3.91. The first-order chi connectivity index (χ1) is 12.3. The molecule has 3 aromatic rings. The Balaban J connectivity index is 1.87. The third kappa shape index (κ3) is 4.61. The molecule has 0 fully saturated rings. The number of hydrogen-bond acceptors (Lipinski definition) is 3. The van der Waals surface area contributed by atoms with E-state index in [1.165, 1.54) is 5.56 Å². The molecule has 0 unspecified atom stereocenters. The molecule has 2 N–H and O–H groups in total. The summed E-state index contributed by atoms with van der Waals surface area (Å²) < 4.78 is 11.8. The van der Waals surface area contributed by atoms with Crippen molar-refractivity contribution in [2.45, 2.75) is 13.5 Å². The number of nitrogens with two attached hydrogens (primary N) is 1. The smallest absolute Gasteiger partial charge is 0.162 e. The molecule has 3 rings (SSSR count). The van der Waals surface area contributed by atoms with Crippen LogP contribution in [0, 0.1) is 6.92 Å². The Morgan fingerprint density at radius 1 is 0.760 bits per heavy atom. The molecule has 0 aromatic heterocycles. The van der Waals surface area contributed by atoms with Gasteiger partial charge in [-0.25, -0.2) is 0 Å². The SMILES string of the molecule is Cc1cccc(-c2ccc(OCCN)c(OCc3ccccc3)c2)c1. The van der Waals surface area contributed by atoms with Gasteiger partial charge in [0.25, 0.3) is 0 Å². The van der Waals surface area contributed by atoms with Crippen LogP contribution in [-0.4, -0.2) is 13.2 Å². The molecular formula is C22H23NO2. The van der Waals surface area contributed by atoms with Crippen LogP contribution in [0.4, 0.5) is 0 Å². The van der Waals surface area contributed by atoms with Crippen molar-refractivity contribution in [3.8, 4) is 22.6 Å². The highest BCUT2D eigenvalue weighted by Crippen LogP contribution is 2.33. The van der Waals surface area contributed by atoms with Crippen LogP contribution in [0.25, 0.3) is 11.1 Å². The molecule has 0 amide bonds. The molecule has 128 valence electrons. The highest BCUT2D eigenvalue weighted by Gasteiger charge is 2.09. The lowest BCUT2D eigenvalue weighted by Crippen LogP contribution is -2.11. The minimum Gasteiger partial charge on any atom is -0.488 e. The summed E-state index contributed by atoms with van der Waals surface area (Å²) in [6, 6.07) is 24.6. The molecule has 0 atom stereocenters.